The molecule has 1 amide bonds. The Morgan fingerprint density at radius 1 is 1.31 bits per heavy atom. The average molecular weight is 374 g/mol. The van der Waals surface area contributed by atoms with E-state index >= 15 is 0 Å². The van der Waals surface area contributed by atoms with Crippen LogP contribution in [0.25, 0.3) is 0 Å². The molecule has 0 bridgehead atoms. The molecule has 0 radical (unpaired) electrons. The van der Waals surface area contributed by atoms with Crippen LogP contribution in [-0.4, -0.2) is 27.7 Å². The first kappa shape index (κ1) is 17.5. The molecule has 9 nitrogen and oxygen atoms in total. The highest BCUT2D eigenvalue weighted by atomic mass is 35.5. The Morgan fingerprint density at radius 3 is 2.65 bits per heavy atom. The molecule has 0 saturated carbocycles. The molecule has 0 fully saturated rings. The van der Waals surface area contributed by atoms with E-state index in [1.165, 1.54) is 11.1 Å². The minimum absolute atomic E-state index is 0.0116. The van der Waals surface area contributed by atoms with Gasteiger partial charge in [0, 0.05) is 11.1 Å². The minimum atomic E-state index is -0.993. The summed E-state index contributed by atoms with van der Waals surface area (Å²) < 4.78 is 0. The third-order valence-corrected chi connectivity index (χ3v) is 3.83. The number of aromatic hydroxyl groups is 1. The molecular formula is C16H12ClN5O4. The summed E-state index contributed by atoms with van der Waals surface area (Å²) >= 11 is 5.81. The maximum absolute atomic E-state index is 12.5. The number of halogens is 1. The molecule has 1 unspecified atom stereocenters. The number of carbonyl (C=O) groups is 1. The van der Waals surface area contributed by atoms with E-state index in [0.717, 1.165) is 6.07 Å². The van der Waals surface area contributed by atoms with Crippen LogP contribution in [-0.2, 0) is 4.79 Å². The monoisotopic (exact) mass is 373 g/mol. The number of phenolic OH excluding ortho intramolecular Hbond substituents is 1. The van der Waals surface area contributed by atoms with E-state index in [1.54, 1.807) is 31.2 Å². The highest BCUT2D eigenvalue weighted by molar-refractivity contribution is 6.31. The fourth-order valence-electron chi connectivity index (χ4n) is 2.35. The number of benzene rings is 2. The van der Waals surface area contributed by atoms with Gasteiger partial charge in [0.25, 0.3) is 5.91 Å². The Hall–Kier alpha value is -3.33. The second-order valence-corrected chi connectivity index (χ2v) is 5.83. The van der Waals surface area contributed by atoms with Gasteiger partial charge in [-0.3, -0.25) is 14.9 Å². The molecule has 1 aliphatic rings. The van der Waals surface area contributed by atoms with Crippen LogP contribution in [0.3, 0.4) is 0 Å². The molecule has 1 atom stereocenters. The number of nitrogens with zero attached hydrogens (tertiary/aromatic N) is 5. The number of para-hydroxylation sites is 1. The Kier molecular flexibility index (Phi) is 4.63. The van der Waals surface area contributed by atoms with Crippen molar-refractivity contribution in [2.45, 2.75) is 13.0 Å². The van der Waals surface area contributed by atoms with E-state index in [1.807, 2.05) is 6.07 Å². The van der Waals surface area contributed by atoms with Crippen molar-refractivity contribution in [1.29, 1.82) is 0 Å². The summed E-state index contributed by atoms with van der Waals surface area (Å²) in [5, 5.41) is 33.9. The number of amides is 1. The van der Waals surface area contributed by atoms with Gasteiger partial charge in [-0.2, -0.15) is 20.3 Å². The van der Waals surface area contributed by atoms with Crippen LogP contribution < -0.4 is 5.01 Å². The van der Waals surface area contributed by atoms with Crippen molar-refractivity contribution < 1.29 is 14.8 Å². The van der Waals surface area contributed by atoms with Crippen LogP contribution in [0.1, 0.15) is 6.92 Å². The maximum atomic E-state index is 12.5. The number of rotatable bonds is 4. The molecule has 2 aromatic carbocycles. The van der Waals surface area contributed by atoms with Crippen molar-refractivity contribution >= 4 is 40.3 Å². The standard InChI is InChI=1S/C16H12ClN5O4/c1-9-14(16(24)21(20-9)11-5-3-2-4-6-11)19-18-12-7-10(17)8-13(15(12)23)22(25)26/h2-8,14,23H,1H3. The number of hydrogen-bond donors (Lipinski definition) is 1. The first-order valence-electron chi connectivity index (χ1n) is 7.40. The summed E-state index contributed by atoms with van der Waals surface area (Å²) in [5.41, 5.74) is 0.179. The third-order valence-electron chi connectivity index (χ3n) is 3.61. The molecule has 132 valence electrons. The molecule has 2 aromatic rings. The summed E-state index contributed by atoms with van der Waals surface area (Å²) in [7, 11) is 0. The predicted octanol–water partition coefficient (Wildman–Crippen LogP) is 3.83. The lowest BCUT2D eigenvalue weighted by atomic mass is 10.2. The quantitative estimate of drug-likeness (QED) is 0.497. The Balaban J connectivity index is 1.89. The van der Waals surface area contributed by atoms with Gasteiger partial charge in [-0.05, 0) is 25.1 Å². The SMILES string of the molecule is CC1=NN(c2ccccc2)C(=O)C1N=Nc1cc(Cl)cc([N+](=O)[O-])c1O. The van der Waals surface area contributed by atoms with Gasteiger partial charge in [-0.15, -0.1) is 0 Å². The zero-order valence-electron chi connectivity index (χ0n) is 13.4. The van der Waals surface area contributed by atoms with E-state index in [2.05, 4.69) is 15.3 Å². The van der Waals surface area contributed by atoms with Gasteiger partial charge < -0.3 is 5.11 Å². The molecule has 26 heavy (non-hydrogen) atoms. The maximum Gasteiger partial charge on any atom is 0.314 e. The summed E-state index contributed by atoms with van der Waals surface area (Å²) in [4.78, 5) is 22.7. The van der Waals surface area contributed by atoms with E-state index in [-0.39, 0.29) is 10.7 Å². The second-order valence-electron chi connectivity index (χ2n) is 5.39. The number of azo groups is 1. The second kappa shape index (κ2) is 6.89. The smallest absolute Gasteiger partial charge is 0.314 e. The predicted molar refractivity (Wildman–Crippen MR) is 95.1 cm³/mol. The van der Waals surface area contributed by atoms with Crippen LogP contribution >= 0.6 is 11.6 Å². The van der Waals surface area contributed by atoms with E-state index < -0.39 is 28.3 Å². The first-order chi connectivity index (χ1) is 12.4. The van der Waals surface area contributed by atoms with E-state index in [9.17, 15) is 20.0 Å². The number of hydrazone groups is 1. The number of nitro benzene ring substituents is 1. The lowest BCUT2D eigenvalue weighted by molar-refractivity contribution is -0.385. The van der Waals surface area contributed by atoms with Crippen molar-refractivity contribution in [1.82, 2.24) is 0 Å². The molecule has 10 heteroatoms. The number of carbonyl (C=O) groups excluding carboxylic acids is 1. The van der Waals surface area contributed by atoms with Crippen molar-refractivity contribution in [2.24, 2.45) is 15.3 Å². The van der Waals surface area contributed by atoms with Crippen molar-refractivity contribution in [3.05, 3.63) is 57.6 Å². The summed E-state index contributed by atoms with van der Waals surface area (Å²) in [5.74, 6) is -1.10. The van der Waals surface area contributed by atoms with Crippen LogP contribution in [0, 0.1) is 10.1 Å². The van der Waals surface area contributed by atoms with Crippen LogP contribution in [0.2, 0.25) is 5.02 Å². The minimum Gasteiger partial charge on any atom is -0.501 e. The average Bonchev–Trinajstić information content (AvgIpc) is 2.90. The van der Waals surface area contributed by atoms with E-state index in [4.69, 9.17) is 11.6 Å². The van der Waals surface area contributed by atoms with Crippen molar-refractivity contribution in [2.75, 3.05) is 5.01 Å². The van der Waals surface area contributed by atoms with Gasteiger partial charge in [-0.25, -0.2) is 0 Å². The topological polar surface area (TPSA) is 121 Å². The molecule has 0 aromatic heterocycles. The Morgan fingerprint density at radius 2 is 2.00 bits per heavy atom. The fourth-order valence-corrected chi connectivity index (χ4v) is 2.56. The molecule has 0 aliphatic carbocycles. The van der Waals surface area contributed by atoms with Crippen LogP contribution in [0.5, 0.6) is 5.75 Å². The zero-order chi connectivity index (χ0) is 18.8. The number of hydrogen-bond acceptors (Lipinski definition) is 7. The Bertz CT molecular complexity index is 945. The molecule has 0 saturated heterocycles. The molecular weight excluding hydrogens is 362 g/mol. The molecule has 3 rings (SSSR count). The first-order valence-corrected chi connectivity index (χ1v) is 7.78. The summed E-state index contributed by atoms with van der Waals surface area (Å²) in [6, 6.07) is 10.0. The lowest BCUT2D eigenvalue weighted by Crippen LogP contribution is -2.29. The van der Waals surface area contributed by atoms with E-state index in [0.29, 0.717) is 11.4 Å². The third kappa shape index (κ3) is 3.24. The number of phenols is 1. The van der Waals surface area contributed by atoms with Crippen molar-refractivity contribution in [3.8, 4) is 5.75 Å². The summed E-state index contributed by atoms with van der Waals surface area (Å²) in [6.45, 7) is 1.62. The van der Waals surface area contributed by atoms with Crippen molar-refractivity contribution in [3.63, 3.8) is 0 Å². The van der Waals surface area contributed by atoms with Gasteiger partial charge in [-0.1, -0.05) is 29.8 Å². The normalized spacial score (nSPS) is 17.0. The van der Waals surface area contributed by atoms with Gasteiger partial charge in [0.1, 0.15) is 5.69 Å². The highest BCUT2D eigenvalue weighted by Crippen LogP contribution is 2.39. The number of anilines is 1. The fraction of sp³-hybridized carbons (Fsp3) is 0.125. The van der Waals surface area contributed by atoms with Crippen LogP contribution in [0.15, 0.2) is 57.8 Å². The highest BCUT2D eigenvalue weighted by Gasteiger charge is 2.34. The van der Waals surface area contributed by atoms with Gasteiger partial charge in [0.05, 0.1) is 16.3 Å². The molecule has 1 N–H and O–H groups in total. The Labute approximate surface area is 152 Å². The molecule has 0 spiro atoms. The largest absolute Gasteiger partial charge is 0.501 e. The zero-order valence-corrected chi connectivity index (χ0v) is 14.2. The molecule has 1 aliphatic heterocycles. The van der Waals surface area contributed by atoms with Gasteiger partial charge in [0.2, 0.25) is 5.75 Å². The van der Waals surface area contributed by atoms with Gasteiger partial charge >= 0.3 is 5.69 Å². The molecule has 1 heterocycles. The van der Waals surface area contributed by atoms with Gasteiger partial charge in [0.15, 0.2) is 6.04 Å². The van der Waals surface area contributed by atoms with Crippen LogP contribution in [0.4, 0.5) is 17.1 Å². The summed E-state index contributed by atoms with van der Waals surface area (Å²) in [6.07, 6.45) is 0. The number of nitro groups is 1. The lowest BCUT2D eigenvalue weighted by Gasteiger charge is -2.11.